The van der Waals surface area contributed by atoms with Crippen LogP contribution in [0.5, 0.6) is 5.75 Å². The molecule has 1 fully saturated rings. The van der Waals surface area contributed by atoms with Gasteiger partial charge in [-0.05, 0) is 37.1 Å². The molecule has 0 spiro atoms. The van der Waals surface area contributed by atoms with E-state index in [1.54, 1.807) is 11.6 Å². The fraction of sp³-hybridized carbons (Fsp3) is 0.353. The molecule has 3 heterocycles. The lowest BCUT2D eigenvalue weighted by atomic mass is 9.98. The third kappa shape index (κ3) is 3.05. The normalized spacial score (nSPS) is 15.6. The van der Waals surface area contributed by atoms with Gasteiger partial charge >= 0.3 is 5.97 Å². The van der Waals surface area contributed by atoms with Gasteiger partial charge < -0.3 is 14.7 Å². The maximum Gasteiger partial charge on any atom is 0.306 e. The predicted octanol–water partition coefficient (Wildman–Crippen LogP) is 2.77. The third-order valence-electron chi connectivity index (χ3n) is 4.53. The van der Waals surface area contributed by atoms with Crippen molar-refractivity contribution in [2.24, 2.45) is 5.92 Å². The first-order chi connectivity index (χ1) is 12.1. The number of ether oxygens (including phenoxy) is 1. The van der Waals surface area contributed by atoms with E-state index in [1.165, 1.54) is 11.3 Å². The molecule has 0 aliphatic carbocycles. The molecule has 0 amide bonds. The van der Waals surface area contributed by atoms with Gasteiger partial charge in [0.2, 0.25) is 10.1 Å². The maximum absolute atomic E-state index is 11.1. The first-order valence-electron chi connectivity index (χ1n) is 8.12. The first kappa shape index (κ1) is 15.9. The van der Waals surface area contributed by atoms with Crippen molar-refractivity contribution in [3.63, 3.8) is 0 Å². The number of nitrogens with zero attached hydrogens (tertiary/aromatic N) is 4. The highest BCUT2D eigenvalue weighted by Crippen LogP contribution is 2.30. The summed E-state index contributed by atoms with van der Waals surface area (Å²) in [6, 6.07) is 7.77. The Kier molecular flexibility index (Phi) is 4.04. The summed E-state index contributed by atoms with van der Waals surface area (Å²) in [4.78, 5) is 18.7. The molecule has 130 valence electrons. The molecular formula is C17H18N4O3S. The summed E-state index contributed by atoms with van der Waals surface area (Å²) in [6.45, 7) is 1.44. The summed E-state index contributed by atoms with van der Waals surface area (Å²) in [5, 5.41) is 14.6. The number of rotatable bonds is 4. The van der Waals surface area contributed by atoms with E-state index in [0.717, 1.165) is 40.2 Å². The van der Waals surface area contributed by atoms with Gasteiger partial charge in [0, 0.05) is 18.7 Å². The average molecular weight is 358 g/mol. The predicted molar refractivity (Wildman–Crippen MR) is 95.4 cm³/mol. The van der Waals surface area contributed by atoms with Gasteiger partial charge in [-0.25, -0.2) is 9.50 Å². The molecule has 4 rings (SSSR count). The molecule has 1 aliphatic heterocycles. The number of benzene rings is 1. The fourth-order valence-corrected chi connectivity index (χ4v) is 3.97. The Labute approximate surface area is 148 Å². The highest BCUT2D eigenvalue weighted by molar-refractivity contribution is 7.20. The van der Waals surface area contributed by atoms with Crippen LogP contribution in [0.15, 0.2) is 30.5 Å². The fourth-order valence-electron chi connectivity index (χ4n) is 3.04. The number of imidazole rings is 1. The zero-order valence-electron chi connectivity index (χ0n) is 13.8. The monoisotopic (exact) mass is 358 g/mol. The number of hydrogen-bond donors (Lipinski definition) is 1. The molecule has 1 saturated heterocycles. The highest BCUT2D eigenvalue weighted by Gasteiger charge is 2.26. The number of carbonyl (C=O) groups is 1. The number of hydrogen-bond acceptors (Lipinski definition) is 6. The topological polar surface area (TPSA) is 80.0 Å². The number of aromatic nitrogens is 3. The van der Waals surface area contributed by atoms with E-state index in [1.807, 2.05) is 30.5 Å². The molecule has 25 heavy (non-hydrogen) atoms. The Morgan fingerprint density at radius 1 is 1.28 bits per heavy atom. The summed E-state index contributed by atoms with van der Waals surface area (Å²) in [7, 11) is 1.65. The highest BCUT2D eigenvalue weighted by atomic mass is 32.1. The van der Waals surface area contributed by atoms with E-state index in [0.29, 0.717) is 12.8 Å². The van der Waals surface area contributed by atoms with E-state index < -0.39 is 5.97 Å². The van der Waals surface area contributed by atoms with Crippen LogP contribution in [0, 0.1) is 5.92 Å². The SMILES string of the molecule is COc1ccc(-c2cn3nc(N4CCC(C(=O)O)CC4)sc3n2)cc1. The van der Waals surface area contributed by atoms with Crippen molar-refractivity contribution in [3.05, 3.63) is 30.5 Å². The van der Waals surface area contributed by atoms with Crippen molar-refractivity contribution < 1.29 is 14.6 Å². The van der Waals surface area contributed by atoms with Gasteiger partial charge in [0.1, 0.15) is 5.75 Å². The summed E-state index contributed by atoms with van der Waals surface area (Å²) in [5.74, 6) is -0.116. The zero-order valence-corrected chi connectivity index (χ0v) is 14.6. The Balaban J connectivity index is 1.52. The molecule has 1 aliphatic rings. The molecule has 8 heteroatoms. The summed E-state index contributed by atoms with van der Waals surface area (Å²) < 4.78 is 6.97. The second-order valence-electron chi connectivity index (χ2n) is 6.07. The second-order valence-corrected chi connectivity index (χ2v) is 7.00. The maximum atomic E-state index is 11.1. The van der Waals surface area contributed by atoms with E-state index in [-0.39, 0.29) is 5.92 Å². The average Bonchev–Trinajstić information content (AvgIpc) is 3.21. The van der Waals surface area contributed by atoms with Crippen molar-refractivity contribution in [1.82, 2.24) is 14.6 Å². The van der Waals surface area contributed by atoms with E-state index in [2.05, 4.69) is 15.0 Å². The molecule has 0 atom stereocenters. The van der Waals surface area contributed by atoms with Gasteiger partial charge in [0.05, 0.1) is 24.9 Å². The van der Waals surface area contributed by atoms with Crippen LogP contribution >= 0.6 is 11.3 Å². The van der Waals surface area contributed by atoms with E-state index in [4.69, 9.17) is 9.84 Å². The molecule has 0 unspecified atom stereocenters. The van der Waals surface area contributed by atoms with Gasteiger partial charge in [0.25, 0.3) is 0 Å². The molecule has 2 aromatic heterocycles. The van der Waals surface area contributed by atoms with Gasteiger partial charge in [-0.1, -0.05) is 11.3 Å². The van der Waals surface area contributed by atoms with Gasteiger partial charge in [-0.15, -0.1) is 5.10 Å². The van der Waals surface area contributed by atoms with Gasteiger partial charge in [-0.2, -0.15) is 0 Å². The van der Waals surface area contributed by atoms with Crippen LogP contribution in [0.3, 0.4) is 0 Å². The number of fused-ring (bicyclic) bond motifs is 1. The summed E-state index contributed by atoms with van der Waals surface area (Å²) in [5.41, 5.74) is 1.89. The summed E-state index contributed by atoms with van der Waals surface area (Å²) in [6.07, 6.45) is 3.24. The molecule has 0 radical (unpaired) electrons. The Morgan fingerprint density at radius 3 is 2.60 bits per heavy atom. The number of aliphatic carboxylic acids is 1. The van der Waals surface area contributed by atoms with Crippen molar-refractivity contribution >= 4 is 27.4 Å². The largest absolute Gasteiger partial charge is 0.497 e. The Bertz CT molecular complexity index is 863. The minimum Gasteiger partial charge on any atom is -0.497 e. The third-order valence-corrected chi connectivity index (χ3v) is 5.52. The van der Waals surface area contributed by atoms with Crippen molar-refractivity contribution in [3.8, 4) is 17.0 Å². The molecular weight excluding hydrogens is 340 g/mol. The molecule has 1 N–H and O–H groups in total. The Hall–Kier alpha value is -2.61. The minimum atomic E-state index is -0.697. The Morgan fingerprint density at radius 2 is 2.00 bits per heavy atom. The number of carboxylic acid groups (broad SMARTS) is 1. The number of methoxy groups -OCH3 is 1. The van der Waals surface area contributed by atoms with Crippen molar-refractivity contribution in [1.29, 1.82) is 0 Å². The zero-order chi connectivity index (χ0) is 17.4. The number of piperidine rings is 1. The molecule has 0 bridgehead atoms. The first-order valence-corrected chi connectivity index (χ1v) is 8.94. The summed E-state index contributed by atoms with van der Waals surface area (Å²) >= 11 is 1.53. The minimum absolute atomic E-state index is 0.234. The van der Waals surface area contributed by atoms with Crippen LogP contribution in [-0.4, -0.2) is 45.9 Å². The van der Waals surface area contributed by atoms with E-state index in [9.17, 15) is 4.79 Å². The molecule has 0 saturated carbocycles. The van der Waals surface area contributed by atoms with Crippen LogP contribution < -0.4 is 9.64 Å². The van der Waals surface area contributed by atoms with Crippen LogP contribution in [0.1, 0.15) is 12.8 Å². The van der Waals surface area contributed by atoms with Crippen LogP contribution in [0.4, 0.5) is 5.13 Å². The van der Waals surface area contributed by atoms with Crippen molar-refractivity contribution in [2.75, 3.05) is 25.1 Å². The number of anilines is 1. The van der Waals surface area contributed by atoms with Crippen molar-refractivity contribution in [2.45, 2.75) is 12.8 Å². The van der Waals surface area contributed by atoms with Crippen LogP contribution in [-0.2, 0) is 4.79 Å². The quantitative estimate of drug-likeness (QED) is 0.772. The lowest BCUT2D eigenvalue weighted by molar-refractivity contribution is -0.142. The second kappa shape index (κ2) is 6.36. The van der Waals surface area contributed by atoms with Crippen LogP contribution in [0.25, 0.3) is 16.2 Å². The van der Waals surface area contributed by atoms with Crippen LogP contribution in [0.2, 0.25) is 0 Å². The molecule has 1 aromatic carbocycles. The standard InChI is InChI=1S/C17H18N4O3S/c1-24-13-4-2-11(3-5-13)14-10-21-16(18-14)25-17(19-21)20-8-6-12(7-9-20)15(22)23/h2-5,10,12H,6-9H2,1H3,(H,22,23). The molecule has 7 nitrogen and oxygen atoms in total. The smallest absolute Gasteiger partial charge is 0.306 e. The number of carboxylic acids is 1. The lowest BCUT2D eigenvalue weighted by Crippen LogP contribution is -2.36. The molecule has 3 aromatic rings. The van der Waals surface area contributed by atoms with Gasteiger partial charge in [-0.3, -0.25) is 4.79 Å². The van der Waals surface area contributed by atoms with E-state index >= 15 is 0 Å². The lowest BCUT2D eigenvalue weighted by Gasteiger charge is -2.29. The van der Waals surface area contributed by atoms with Gasteiger partial charge in [0.15, 0.2) is 0 Å².